The molecule has 0 spiro atoms. The van der Waals surface area contributed by atoms with Gasteiger partial charge in [-0.25, -0.2) is 4.39 Å². The van der Waals surface area contributed by atoms with Crippen molar-refractivity contribution in [2.24, 2.45) is 0 Å². The van der Waals surface area contributed by atoms with E-state index in [1.807, 2.05) is 12.1 Å². The molecule has 1 heterocycles. The van der Waals surface area contributed by atoms with Crippen LogP contribution in [0.15, 0.2) is 51.5 Å². The number of nitrogen functional groups attached to an aromatic ring is 1. The maximum atomic E-state index is 13.1. The number of hydrogen-bond donors (Lipinski definition) is 1. The average Bonchev–Trinajstić information content (AvgIpc) is 2.84. The number of rotatable bonds is 2. The quantitative estimate of drug-likeness (QED) is 0.682. The first-order valence-electron chi connectivity index (χ1n) is 6.03. The monoisotopic (exact) mass is 366 g/mol. The highest BCUT2D eigenvalue weighted by molar-refractivity contribution is 9.10. The van der Waals surface area contributed by atoms with Crippen molar-refractivity contribution in [1.29, 1.82) is 0 Å². The summed E-state index contributed by atoms with van der Waals surface area (Å²) in [6.45, 7) is 0. The predicted molar refractivity (Wildman–Crippen MR) is 84.5 cm³/mol. The van der Waals surface area contributed by atoms with Crippen LogP contribution in [-0.4, -0.2) is 5.16 Å². The SMILES string of the molecule is Nc1onc(-c2cc(Br)ccc2Cl)c1-c1ccc(F)cc1. The Morgan fingerprint density at radius 3 is 2.57 bits per heavy atom. The number of benzene rings is 2. The first-order chi connectivity index (χ1) is 10.1. The van der Waals surface area contributed by atoms with Crippen molar-refractivity contribution in [3.05, 3.63) is 57.8 Å². The summed E-state index contributed by atoms with van der Waals surface area (Å²) in [6, 6.07) is 11.4. The number of hydrogen-bond acceptors (Lipinski definition) is 3. The minimum Gasteiger partial charge on any atom is -0.367 e. The fraction of sp³-hybridized carbons (Fsp3) is 0. The molecule has 0 unspecified atom stereocenters. The Balaban J connectivity index is 2.21. The van der Waals surface area contributed by atoms with Crippen LogP contribution in [0.2, 0.25) is 5.02 Å². The maximum Gasteiger partial charge on any atom is 0.230 e. The smallest absolute Gasteiger partial charge is 0.230 e. The van der Waals surface area contributed by atoms with Crippen molar-refractivity contribution in [2.45, 2.75) is 0 Å². The molecule has 0 aliphatic carbocycles. The molecule has 21 heavy (non-hydrogen) atoms. The Morgan fingerprint density at radius 2 is 1.86 bits per heavy atom. The molecule has 1 aromatic heterocycles. The van der Waals surface area contributed by atoms with E-state index in [2.05, 4.69) is 21.1 Å². The highest BCUT2D eigenvalue weighted by atomic mass is 79.9. The molecule has 3 aromatic rings. The van der Waals surface area contributed by atoms with Crippen LogP contribution < -0.4 is 5.73 Å². The normalized spacial score (nSPS) is 10.8. The second-order valence-electron chi connectivity index (χ2n) is 4.40. The van der Waals surface area contributed by atoms with Crippen molar-refractivity contribution in [3.63, 3.8) is 0 Å². The third kappa shape index (κ3) is 2.66. The van der Waals surface area contributed by atoms with Crippen LogP contribution in [0.1, 0.15) is 0 Å². The van der Waals surface area contributed by atoms with E-state index in [-0.39, 0.29) is 11.7 Å². The lowest BCUT2D eigenvalue weighted by molar-refractivity contribution is 0.439. The van der Waals surface area contributed by atoms with E-state index in [1.165, 1.54) is 12.1 Å². The number of anilines is 1. The molecule has 0 bridgehead atoms. The average molecular weight is 368 g/mol. The Morgan fingerprint density at radius 1 is 1.14 bits per heavy atom. The second-order valence-corrected chi connectivity index (χ2v) is 5.72. The molecular formula is C15H9BrClFN2O. The first kappa shape index (κ1) is 14.1. The molecule has 2 N–H and O–H groups in total. The van der Waals surface area contributed by atoms with Gasteiger partial charge in [-0.3, -0.25) is 0 Å². The van der Waals surface area contributed by atoms with E-state index in [4.69, 9.17) is 21.9 Å². The molecule has 106 valence electrons. The molecule has 2 aromatic carbocycles. The van der Waals surface area contributed by atoms with Gasteiger partial charge in [0.25, 0.3) is 0 Å². The molecule has 3 nitrogen and oxygen atoms in total. The second kappa shape index (κ2) is 5.50. The molecule has 0 aliphatic heterocycles. The summed E-state index contributed by atoms with van der Waals surface area (Å²) in [5.74, 6) is -0.163. The minimum atomic E-state index is -0.323. The molecule has 6 heteroatoms. The molecule has 3 rings (SSSR count). The van der Waals surface area contributed by atoms with E-state index in [0.717, 1.165) is 4.47 Å². The van der Waals surface area contributed by atoms with Gasteiger partial charge in [0.05, 0.1) is 10.6 Å². The lowest BCUT2D eigenvalue weighted by atomic mass is 10.0. The van der Waals surface area contributed by atoms with Gasteiger partial charge in [0.2, 0.25) is 5.88 Å². The van der Waals surface area contributed by atoms with Gasteiger partial charge in [-0.05, 0) is 35.9 Å². The third-order valence-electron chi connectivity index (χ3n) is 3.03. The lowest BCUT2D eigenvalue weighted by Gasteiger charge is -2.05. The molecule has 0 atom stereocenters. The molecule has 0 saturated carbocycles. The summed E-state index contributed by atoms with van der Waals surface area (Å²) in [6.07, 6.45) is 0. The lowest BCUT2D eigenvalue weighted by Crippen LogP contribution is -1.89. The van der Waals surface area contributed by atoms with Gasteiger partial charge >= 0.3 is 0 Å². The van der Waals surface area contributed by atoms with Crippen molar-refractivity contribution in [3.8, 4) is 22.4 Å². The van der Waals surface area contributed by atoms with Crippen LogP contribution in [0.5, 0.6) is 0 Å². The molecule has 0 saturated heterocycles. The van der Waals surface area contributed by atoms with Gasteiger partial charge in [0.15, 0.2) is 0 Å². The van der Waals surface area contributed by atoms with Crippen molar-refractivity contribution < 1.29 is 8.91 Å². The third-order valence-corrected chi connectivity index (χ3v) is 3.86. The van der Waals surface area contributed by atoms with Gasteiger partial charge in [0.1, 0.15) is 11.5 Å². The number of halogens is 3. The zero-order valence-corrected chi connectivity index (χ0v) is 13.0. The van der Waals surface area contributed by atoms with Crippen molar-refractivity contribution >= 4 is 33.4 Å². The van der Waals surface area contributed by atoms with Gasteiger partial charge in [-0.1, -0.05) is 44.8 Å². The highest BCUT2D eigenvalue weighted by Crippen LogP contribution is 2.39. The summed E-state index contributed by atoms with van der Waals surface area (Å²) < 4.78 is 19.0. The first-order valence-corrected chi connectivity index (χ1v) is 7.20. The predicted octanol–water partition coefficient (Wildman–Crippen LogP) is 5.15. The van der Waals surface area contributed by atoms with Gasteiger partial charge in [-0.2, -0.15) is 0 Å². The van der Waals surface area contributed by atoms with E-state index < -0.39 is 0 Å². The summed E-state index contributed by atoms with van der Waals surface area (Å²) in [4.78, 5) is 0. The highest BCUT2D eigenvalue weighted by Gasteiger charge is 2.19. The van der Waals surface area contributed by atoms with E-state index >= 15 is 0 Å². The van der Waals surface area contributed by atoms with Gasteiger partial charge in [-0.15, -0.1) is 0 Å². The van der Waals surface area contributed by atoms with Crippen molar-refractivity contribution in [2.75, 3.05) is 5.73 Å². The molecule has 0 fully saturated rings. The van der Waals surface area contributed by atoms with Crippen LogP contribution in [0, 0.1) is 5.82 Å². The maximum absolute atomic E-state index is 13.1. The molecule has 0 amide bonds. The Bertz CT molecular complexity index is 802. The molecule has 0 radical (unpaired) electrons. The van der Waals surface area contributed by atoms with Crippen LogP contribution in [0.4, 0.5) is 10.3 Å². The zero-order chi connectivity index (χ0) is 15.0. The number of nitrogens with zero attached hydrogens (tertiary/aromatic N) is 1. The molecular weight excluding hydrogens is 359 g/mol. The summed E-state index contributed by atoms with van der Waals surface area (Å²) >= 11 is 9.61. The fourth-order valence-corrected chi connectivity index (χ4v) is 2.63. The van der Waals surface area contributed by atoms with Crippen LogP contribution in [0.3, 0.4) is 0 Å². The summed E-state index contributed by atoms with van der Waals surface area (Å²) in [5.41, 5.74) is 8.37. The van der Waals surface area contributed by atoms with E-state index in [9.17, 15) is 4.39 Å². The Hall–Kier alpha value is -1.85. The Kier molecular flexibility index (Phi) is 3.69. The topological polar surface area (TPSA) is 52.0 Å². The van der Waals surface area contributed by atoms with Crippen molar-refractivity contribution in [1.82, 2.24) is 5.16 Å². The van der Waals surface area contributed by atoms with E-state index in [0.29, 0.717) is 27.4 Å². The van der Waals surface area contributed by atoms with Gasteiger partial charge in [0, 0.05) is 10.0 Å². The van der Waals surface area contributed by atoms with E-state index in [1.54, 1.807) is 18.2 Å². The van der Waals surface area contributed by atoms with Gasteiger partial charge < -0.3 is 10.3 Å². The Labute approximate surface area is 133 Å². The fourth-order valence-electron chi connectivity index (χ4n) is 2.06. The summed E-state index contributed by atoms with van der Waals surface area (Å²) in [7, 11) is 0. The largest absolute Gasteiger partial charge is 0.367 e. The molecule has 0 aliphatic rings. The minimum absolute atomic E-state index is 0.160. The number of aromatic nitrogens is 1. The summed E-state index contributed by atoms with van der Waals surface area (Å²) in [5, 5.41) is 4.51. The van der Waals surface area contributed by atoms with Crippen LogP contribution >= 0.6 is 27.5 Å². The zero-order valence-electron chi connectivity index (χ0n) is 10.6. The van der Waals surface area contributed by atoms with Crippen LogP contribution in [0.25, 0.3) is 22.4 Å². The van der Waals surface area contributed by atoms with Crippen LogP contribution in [-0.2, 0) is 0 Å². The number of nitrogens with two attached hydrogens (primary N) is 1. The standard InChI is InChI=1S/C15H9BrClFN2O/c16-9-3-6-12(17)11(7-9)14-13(15(19)21-20-14)8-1-4-10(18)5-2-8/h1-7H,19H2.